The highest BCUT2D eigenvalue weighted by molar-refractivity contribution is 6.08. The van der Waals surface area contributed by atoms with Gasteiger partial charge in [-0.2, -0.15) is 0 Å². The van der Waals surface area contributed by atoms with Gasteiger partial charge in [-0.05, 0) is 19.9 Å². The monoisotopic (exact) mass is 201 g/mol. The van der Waals surface area contributed by atoms with E-state index in [1.807, 2.05) is 31.2 Å². The first-order chi connectivity index (χ1) is 7.13. The van der Waals surface area contributed by atoms with Crippen molar-refractivity contribution in [1.29, 1.82) is 0 Å². The number of benzene rings is 1. The summed E-state index contributed by atoms with van der Waals surface area (Å²) in [5.41, 5.74) is 2.90. The minimum Gasteiger partial charge on any atom is -0.362 e. The number of rotatable bonds is 4. The smallest absolute Gasteiger partial charge is 0.124 e. The Balaban J connectivity index is 2.92. The number of aryl methyl sites for hydroxylation is 1. The highest BCUT2D eigenvalue weighted by atomic mass is 16.6. The summed E-state index contributed by atoms with van der Waals surface area (Å²) in [4.78, 5) is 5.00. The van der Waals surface area contributed by atoms with E-state index in [2.05, 4.69) is 18.3 Å². The summed E-state index contributed by atoms with van der Waals surface area (Å²) in [5, 5.41) is 3.94. The van der Waals surface area contributed by atoms with E-state index in [0.717, 1.165) is 5.56 Å². The molecule has 0 aromatic heterocycles. The van der Waals surface area contributed by atoms with Crippen molar-refractivity contribution in [3.63, 3.8) is 0 Å². The molecule has 2 nitrogen and oxygen atoms in total. The fraction of sp³-hybridized carbons (Fsp3) is 0.154. The van der Waals surface area contributed by atoms with Crippen LogP contribution in [-0.2, 0) is 4.84 Å². The summed E-state index contributed by atoms with van der Waals surface area (Å²) in [6.45, 7) is 11.1. The van der Waals surface area contributed by atoms with Gasteiger partial charge in [0.1, 0.15) is 11.5 Å². The second-order valence-corrected chi connectivity index (χ2v) is 3.34. The average Bonchev–Trinajstić information content (AvgIpc) is 2.21. The van der Waals surface area contributed by atoms with E-state index in [1.54, 1.807) is 13.0 Å². The first kappa shape index (κ1) is 11.2. The zero-order valence-electron chi connectivity index (χ0n) is 9.16. The number of allylic oxidation sites excluding steroid dienone is 2. The predicted molar refractivity (Wildman–Crippen MR) is 63.8 cm³/mol. The summed E-state index contributed by atoms with van der Waals surface area (Å²) in [6.07, 6.45) is 1.66. The van der Waals surface area contributed by atoms with Crippen molar-refractivity contribution in [3.05, 3.63) is 60.4 Å². The molecule has 0 N–H and O–H groups in total. The quantitative estimate of drug-likeness (QED) is 0.415. The lowest BCUT2D eigenvalue weighted by Gasteiger charge is -2.02. The highest BCUT2D eigenvalue weighted by Gasteiger charge is 1.99. The zero-order chi connectivity index (χ0) is 11.3. The third-order valence-corrected chi connectivity index (χ3v) is 1.84. The predicted octanol–water partition coefficient (Wildman–Crippen LogP) is 3.44. The normalized spacial score (nSPS) is 10.9. The molecule has 2 heteroatoms. The number of hydrogen-bond donors (Lipinski definition) is 0. The molecule has 78 valence electrons. The Hall–Kier alpha value is -1.83. The van der Waals surface area contributed by atoms with Crippen LogP contribution in [0.3, 0.4) is 0 Å². The third kappa shape index (κ3) is 3.43. The molecule has 1 aromatic rings. The molecule has 0 spiro atoms. The molecule has 0 aliphatic heterocycles. The number of nitrogens with zero attached hydrogens (tertiary/aromatic N) is 1. The Labute approximate surface area is 90.6 Å². The first-order valence-corrected chi connectivity index (χ1v) is 4.73. The van der Waals surface area contributed by atoms with E-state index >= 15 is 0 Å². The van der Waals surface area contributed by atoms with Gasteiger partial charge < -0.3 is 4.84 Å². The molecule has 1 rings (SSSR count). The van der Waals surface area contributed by atoms with E-state index in [-0.39, 0.29) is 0 Å². The molecule has 0 saturated carbocycles. The molecule has 0 fully saturated rings. The topological polar surface area (TPSA) is 21.6 Å². The molecule has 0 saturated heterocycles. The van der Waals surface area contributed by atoms with Gasteiger partial charge in [-0.3, -0.25) is 0 Å². The van der Waals surface area contributed by atoms with Crippen molar-refractivity contribution in [2.24, 2.45) is 5.16 Å². The van der Waals surface area contributed by atoms with Crippen LogP contribution in [0.2, 0.25) is 0 Å². The number of oxime groups is 1. The maximum absolute atomic E-state index is 5.00. The minimum absolute atomic E-state index is 0.557. The molecular weight excluding hydrogens is 186 g/mol. The van der Waals surface area contributed by atoms with E-state index in [9.17, 15) is 0 Å². The highest BCUT2D eigenvalue weighted by Crippen LogP contribution is 2.06. The van der Waals surface area contributed by atoms with Crippen molar-refractivity contribution >= 4 is 5.71 Å². The molecule has 0 atom stereocenters. The first-order valence-electron chi connectivity index (χ1n) is 4.73. The maximum Gasteiger partial charge on any atom is 0.124 e. The third-order valence-electron chi connectivity index (χ3n) is 1.84. The van der Waals surface area contributed by atoms with Gasteiger partial charge in [0.05, 0.1) is 0 Å². The van der Waals surface area contributed by atoms with Crippen molar-refractivity contribution < 1.29 is 4.84 Å². The van der Waals surface area contributed by atoms with Gasteiger partial charge in [0.2, 0.25) is 0 Å². The lowest BCUT2D eigenvalue weighted by molar-refractivity contribution is 0.232. The van der Waals surface area contributed by atoms with Crippen molar-refractivity contribution in [3.8, 4) is 0 Å². The van der Waals surface area contributed by atoms with Gasteiger partial charge in [0, 0.05) is 5.56 Å². The Morgan fingerprint density at radius 3 is 2.40 bits per heavy atom. The molecule has 0 radical (unpaired) electrons. The standard InChI is InChI=1S/C13H15NO/c1-5-13(14-15-10(2)3)12-8-6-11(4)7-9-12/h5-9H,1-2H2,3-4H3/b14-13+. The number of hydrogen-bond acceptors (Lipinski definition) is 2. The van der Waals surface area contributed by atoms with Crippen LogP contribution in [0.5, 0.6) is 0 Å². The van der Waals surface area contributed by atoms with E-state index < -0.39 is 0 Å². The van der Waals surface area contributed by atoms with Crippen molar-refractivity contribution in [2.75, 3.05) is 0 Å². The van der Waals surface area contributed by atoms with Gasteiger partial charge >= 0.3 is 0 Å². The van der Waals surface area contributed by atoms with Gasteiger partial charge in [-0.15, -0.1) is 0 Å². The van der Waals surface area contributed by atoms with Gasteiger partial charge in [-0.25, -0.2) is 0 Å². The fourth-order valence-electron chi connectivity index (χ4n) is 1.06. The lowest BCUT2D eigenvalue weighted by Crippen LogP contribution is -1.97. The molecule has 0 aliphatic rings. The Kier molecular flexibility index (Phi) is 3.86. The molecule has 1 aromatic carbocycles. The SMILES string of the molecule is C=C/C(=N\OC(=C)C)c1ccc(C)cc1. The van der Waals surface area contributed by atoms with Crippen LogP contribution < -0.4 is 0 Å². The Morgan fingerprint density at radius 2 is 1.93 bits per heavy atom. The second-order valence-electron chi connectivity index (χ2n) is 3.34. The summed E-state index contributed by atoms with van der Waals surface area (Å²) in [5.74, 6) is 0.557. The molecule has 0 bridgehead atoms. The van der Waals surface area contributed by atoms with Crippen molar-refractivity contribution in [1.82, 2.24) is 0 Å². The molecule has 0 unspecified atom stereocenters. The Morgan fingerprint density at radius 1 is 1.33 bits per heavy atom. The van der Waals surface area contributed by atoms with Crippen LogP contribution in [0.1, 0.15) is 18.1 Å². The largest absolute Gasteiger partial charge is 0.362 e. The van der Waals surface area contributed by atoms with Crippen LogP contribution in [0.4, 0.5) is 0 Å². The van der Waals surface area contributed by atoms with Gasteiger partial charge in [0.25, 0.3) is 0 Å². The molecular formula is C13H15NO. The average molecular weight is 201 g/mol. The molecule has 0 aliphatic carbocycles. The zero-order valence-corrected chi connectivity index (χ0v) is 9.16. The van der Waals surface area contributed by atoms with Crippen LogP contribution in [0.25, 0.3) is 0 Å². The van der Waals surface area contributed by atoms with Crippen LogP contribution in [-0.4, -0.2) is 5.71 Å². The van der Waals surface area contributed by atoms with Gasteiger partial charge in [0.15, 0.2) is 0 Å². The van der Waals surface area contributed by atoms with E-state index in [1.165, 1.54) is 5.56 Å². The molecule has 0 heterocycles. The summed E-state index contributed by atoms with van der Waals surface area (Å²) in [6, 6.07) is 8.01. The fourth-order valence-corrected chi connectivity index (χ4v) is 1.06. The van der Waals surface area contributed by atoms with Crippen LogP contribution in [0.15, 0.2) is 54.4 Å². The second kappa shape index (κ2) is 5.15. The summed E-state index contributed by atoms with van der Waals surface area (Å²) in [7, 11) is 0. The van der Waals surface area contributed by atoms with Crippen molar-refractivity contribution in [2.45, 2.75) is 13.8 Å². The summed E-state index contributed by atoms with van der Waals surface area (Å²) < 4.78 is 0. The summed E-state index contributed by atoms with van der Waals surface area (Å²) >= 11 is 0. The minimum atomic E-state index is 0.557. The molecule has 0 amide bonds. The maximum atomic E-state index is 5.00. The van der Waals surface area contributed by atoms with Crippen LogP contribution >= 0.6 is 0 Å². The van der Waals surface area contributed by atoms with Crippen LogP contribution in [0, 0.1) is 6.92 Å². The van der Waals surface area contributed by atoms with E-state index in [4.69, 9.17) is 4.84 Å². The van der Waals surface area contributed by atoms with E-state index in [0.29, 0.717) is 11.5 Å². The van der Waals surface area contributed by atoms with Gasteiger partial charge in [-0.1, -0.05) is 48.1 Å². The Bertz CT molecular complexity index is 388. The lowest BCUT2D eigenvalue weighted by atomic mass is 10.1. The molecule has 15 heavy (non-hydrogen) atoms.